The summed E-state index contributed by atoms with van der Waals surface area (Å²) in [5.41, 5.74) is 35.0. The van der Waals surface area contributed by atoms with Crippen LogP contribution in [-0.2, 0) is 16.2 Å². The highest BCUT2D eigenvalue weighted by molar-refractivity contribution is 6.32. The molecule has 27 aromatic rings. The SMILES string of the molecule is CC(C)(C)c1cc2ccc3c(-c4ccc(-c5ccccc5)cc4)cc(-c4ccc(-c5cccnc5)cc4)c4ccc(c1)c2c34.CC(C)(C)c1cc2ccc3c(-c4ccc(-c5cccnc5)cc4)cc(-c4ccc(-c5cccc6c5oc5ccccc56)cc4)c4ccc(c1)c2c34.CC(C)(C)c1cc2ccc3c(-c4ccc(-c5cccnc5)cc4)cc(-c4ccc(-c5cccc6ccccc56)cc4)c4ccc(c1)c2c34. The summed E-state index contributed by atoms with van der Waals surface area (Å²) < 4.78 is 6.40. The third-order valence-corrected chi connectivity index (χ3v) is 29.8. The smallest absolute Gasteiger partial charge is 0.143 e. The number of hydrogen-bond donors (Lipinski definition) is 0. The lowest BCUT2D eigenvalue weighted by molar-refractivity contribution is 0.591. The largest absolute Gasteiger partial charge is 0.455 e. The predicted molar refractivity (Wildman–Crippen MR) is 610 cm³/mol. The summed E-state index contributed by atoms with van der Waals surface area (Å²) in [6, 6.07) is 157. The molecule has 4 heteroatoms. The molecule has 680 valence electrons. The summed E-state index contributed by atoms with van der Waals surface area (Å²) in [5, 5.41) is 28.4. The average molecular weight is 1830 g/mol. The highest BCUT2D eigenvalue weighted by Gasteiger charge is 2.27. The Kier molecular flexibility index (Phi) is 21.3. The summed E-state index contributed by atoms with van der Waals surface area (Å²) in [4.78, 5) is 13.0. The number of nitrogens with zero attached hydrogens (tertiary/aromatic N) is 3. The molecule has 27 rings (SSSR count). The van der Waals surface area contributed by atoms with Crippen LogP contribution in [-0.4, -0.2) is 15.0 Å². The third kappa shape index (κ3) is 15.8. The molecular weight excluding hydrogens is 1730 g/mol. The lowest BCUT2D eigenvalue weighted by Gasteiger charge is -2.23. The van der Waals surface area contributed by atoms with Gasteiger partial charge < -0.3 is 4.42 Å². The molecule has 0 radical (unpaired) electrons. The van der Waals surface area contributed by atoms with Crippen molar-refractivity contribution >= 4 is 130 Å². The summed E-state index contributed by atoms with van der Waals surface area (Å²) in [7, 11) is 0. The summed E-state index contributed by atoms with van der Waals surface area (Å²) in [6.07, 6.45) is 11.2. The second kappa shape index (κ2) is 34.9. The number of para-hydroxylation sites is 2. The van der Waals surface area contributed by atoms with Gasteiger partial charge in [-0.3, -0.25) is 15.0 Å². The van der Waals surface area contributed by atoms with Crippen molar-refractivity contribution in [2.75, 3.05) is 0 Å². The Labute approximate surface area is 833 Å². The van der Waals surface area contributed by atoms with E-state index in [2.05, 4.69) is 472 Å². The molecule has 0 aliphatic carbocycles. The van der Waals surface area contributed by atoms with Gasteiger partial charge in [-0.15, -0.1) is 0 Å². The molecular formula is C139H103N3O. The van der Waals surface area contributed by atoms with E-state index in [1.807, 2.05) is 67.5 Å². The first kappa shape index (κ1) is 87.2. The van der Waals surface area contributed by atoms with Crippen molar-refractivity contribution < 1.29 is 4.42 Å². The maximum atomic E-state index is 6.40. The summed E-state index contributed by atoms with van der Waals surface area (Å²) in [5.74, 6) is 0. The second-order valence-electron chi connectivity index (χ2n) is 41.7. The van der Waals surface area contributed by atoms with Gasteiger partial charge in [-0.1, -0.05) is 444 Å². The van der Waals surface area contributed by atoms with E-state index < -0.39 is 0 Å². The van der Waals surface area contributed by atoms with Gasteiger partial charge in [0, 0.05) is 53.5 Å². The molecule has 0 aliphatic rings. The molecule has 0 fully saturated rings. The number of pyridine rings is 3. The fraction of sp³-hybridized carbons (Fsp3) is 0.0863. The Morgan fingerprint density at radius 1 is 0.161 bits per heavy atom. The number of furan rings is 1. The fourth-order valence-electron chi connectivity index (χ4n) is 22.2. The molecule has 4 heterocycles. The monoisotopic (exact) mass is 1830 g/mol. The van der Waals surface area contributed by atoms with Crippen molar-refractivity contribution in [2.45, 2.75) is 78.6 Å². The molecule has 4 nitrogen and oxygen atoms in total. The Morgan fingerprint density at radius 2 is 0.413 bits per heavy atom. The highest BCUT2D eigenvalue weighted by Crippen LogP contribution is 2.52. The quantitative estimate of drug-likeness (QED) is 0.114. The number of rotatable bonds is 12. The van der Waals surface area contributed by atoms with E-state index in [1.54, 1.807) is 0 Å². The van der Waals surface area contributed by atoms with Crippen molar-refractivity contribution in [3.05, 3.63) is 479 Å². The zero-order chi connectivity index (χ0) is 96.5. The second-order valence-corrected chi connectivity index (χ2v) is 41.7. The van der Waals surface area contributed by atoms with Crippen LogP contribution in [0.5, 0.6) is 0 Å². The van der Waals surface area contributed by atoms with Gasteiger partial charge in [-0.25, -0.2) is 0 Å². The first-order chi connectivity index (χ1) is 69.8. The van der Waals surface area contributed by atoms with E-state index in [9.17, 15) is 0 Å². The van der Waals surface area contributed by atoms with Crippen LogP contribution < -0.4 is 0 Å². The lowest BCUT2D eigenvalue weighted by Crippen LogP contribution is -2.10. The van der Waals surface area contributed by atoms with Gasteiger partial charge in [-0.05, 0) is 311 Å². The Morgan fingerprint density at radius 3 is 0.741 bits per heavy atom. The highest BCUT2D eigenvalue weighted by atomic mass is 16.3. The minimum atomic E-state index is 0.0608. The van der Waals surface area contributed by atoms with E-state index in [-0.39, 0.29) is 16.2 Å². The van der Waals surface area contributed by atoms with Crippen LogP contribution in [0.25, 0.3) is 263 Å². The normalized spacial score (nSPS) is 12.1. The Hall–Kier alpha value is -17.3. The standard InChI is InChI=1S/C49H35NO.C47H35N.C43H33N/c1-49(2,3)37-26-34-21-23-40-43(32-15-13-30(14-16-32)36-8-7-25-50-29-36)28-44(41-24-22-35(27-37)46(34)47(40)41)33-19-17-31(18-20-33)38-10-6-11-42-39-9-4-5-12-45(39)51-48(38)42;1-47(2,3)38-26-35-21-23-41-43(33-15-13-30(14-16-33)37-10-7-25-48-29-37)28-44(42-24-22-36(27-38)45(35)46(41)42)34-19-17-32(18-20-34)40-12-6-9-31-8-4-5-11-39(31)40;1-43(2,3)36-24-33-19-21-37-39(31-15-11-29(12-16-31)28-8-5-4-6-9-28)26-40(38-22-20-34(25-36)41(33)42(37)38)32-17-13-30(14-18-32)35-10-7-23-44-27-35/h4-29H,1-3H3;4-29H,1-3H3;4-27H,1-3H3. The zero-order valence-corrected chi connectivity index (χ0v) is 81.6. The average Bonchev–Trinajstić information content (AvgIpc) is 1.67. The number of fused-ring (bicyclic) bond motifs is 4. The summed E-state index contributed by atoms with van der Waals surface area (Å²) >= 11 is 0. The van der Waals surface area contributed by atoms with Gasteiger partial charge in [-0.2, -0.15) is 0 Å². The maximum absolute atomic E-state index is 6.40. The van der Waals surface area contributed by atoms with E-state index >= 15 is 0 Å². The van der Waals surface area contributed by atoms with E-state index in [4.69, 9.17) is 4.42 Å². The minimum absolute atomic E-state index is 0.0608. The molecule has 0 spiro atoms. The van der Waals surface area contributed by atoms with Crippen LogP contribution in [0.2, 0.25) is 0 Å². The molecule has 0 atom stereocenters. The van der Waals surface area contributed by atoms with Crippen LogP contribution in [0.1, 0.15) is 79.0 Å². The molecule has 0 saturated carbocycles. The van der Waals surface area contributed by atoms with Crippen molar-refractivity contribution in [1.29, 1.82) is 0 Å². The van der Waals surface area contributed by atoms with Gasteiger partial charge in [0.15, 0.2) is 0 Å². The van der Waals surface area contributed by atoms with Crippen molar-refractivity contribution in [2.24, 2.45) is 0 Å². The van der Waals surface area contributed by atoms with Gasteiger partial charge in [0.2, 0.25) is 0 Å². The van der Waals surface area contributed by atoms with Gasteiger partial charge in [0.1, 0.15) is 11.2 Å². The first-order valence-electron chi connectivity index (χ1n) is 49.8. The lowest BCUT2D eigenvalue weighted by atomic mass is 9.81. The van der Waals surface area contributed by atoms with Gasteiger partial charge in [0.25, 0.3) is 0 Å². The van der Waals surface area contributed by atoms with Gasteiger partial charge >= 0.3 is 0 Å². The molecule has 4 aromatic heterocycles. The molecule has 0 unspecified atom stereocenters. The molecule has 0 aliphatic heterocycles. The van der Waals surface area contributed by atoms with Crippen molar-refractivity contribution in [3.8, 4) is 134 Å². The number of aromatic nitrogens is 3. The third-order valence-electron chi connectivity index (χ3n) is 29.8. The Bertz CT molecular complexity index is 9330. The molecule has 143 heavy (non-hydrogen) atoms. The zero-order valence-electron chi connectivity index (χ0n) is 81.6. The molecule has 0 N–H and O–H groups in total. The maximum Gasteiger partial charge on any atom is 0.143 e. The predicted octanol–water partition coefficient (Wildman–Crippen LogP) is 38.9. The van der Waals surface area contributed by atoms with Crippen LogP contribution in [0.15, 0.2) is 466 Å². The topological polar surface area (TPSA) is 51.8 Å². The summed E-state index contributed by atoms with van der Waals surface area (Å²) in [6.45, 7) is 20.7. The molecule has 0 bridgehead atoms. The van der Waals surface area contributed by atoms with Gasteiger partial charge in [0.05, 0.1) is 0 Å². The van der Waals surface area contributed by atoms with Crippen LogP contribution in [0.3, 0.4) is 0 Å². The van der Waals surface area contributed by atoms with E-state index in [0.29, 0.717) is 0 Å². The van der Waals surface area contributed by atoms with Crippen LogP contribution in [0.4, 0.5) is 0 Å². The van der Waals surface area contributed by atoms with Crippen molar-refractivity contribution in [1.82, 2.24) is 15.0 Å². The number of hydrogen-bond acceptors (Lipinski definition) is 4. The van der Waals surface area contributed by atoms with Crippen LogP contribution in [0, 0.1) is 0 Å². The van der Waals surface area contributed by atoms with Crippen molar-refractivity contribution in [3.63, 3.8) is 0 Å². The first-order valence-corrected chi connectivity index (χ1v) is 49.8. The van der Waals surface area contributed by atoms with E-state index in [0.717, 1.165) is 55.3 Å². The molecule has 0 amide bonds. The minimum Gasteiger partial charge on any atom is -0.455 e. The van der Waals surface area contributed by atoms with Crippen LogP contribution >= 0.6 is 0 Å². The Balaban J connectivity index is 0.000000113. The fourth-order valence-corrected chi connectivity index (χ4v) is 22.2. The van der Waals surface area contributed by atoms with E-state index in [1.165, 1.54) is 225 Å². The molecule has 0 saturated heterocycles. The molecule has 23 aromatic carbocycles. The number of benzene rings is 23.